The molecule has 0 heteroatoms. The fraction of sp³-hybridized carbons (Fsp3) is 0.286. The first-order valence-electron chi connectivity index (χ1n) is 5.18. The van der Waals surface area contributed by atoms with Gasteiger partial charge >= 0.3 is 0 Å². The molecule has 0 saturated carbocycles. The van der Waals surface area contributed by atoms with Crippen molar-refractivity contribution in [3.63, 3.8) is 0 Å². The van der Waals surface area contributed by atoms with Crippen molar-refractivity contribution in [1.29, 1.82) is 0 Å². The first-order chi connectivity index (χ1) is 6.77. The number of aryl methyl sites for hydroxylation is 1. The lowest BCUT2D eigenvalue weighted by atomic mass is 9.98. The summed E-state index contributed by atoms with van der Waals surface area (Å²) in [5.41, 5.74) is 5.75. The minimum absolute atomic E-state index is 1.09. The van der Waals surface area contributed by atoms with E-state index in [1.165, 1.54) is 22.3 Å². The Morgan fingerprint density at radius 3 is 2.79 bits per heavy atom. The van der Waals surface area contributed by atoms with Gasteiger partial charge in [0.1, 0.15) is 0 Å². The monoisotopic (exact) mass is 184 g/mol. The molecule has 1 aliphatic rings. The molecule has 2 rings (SSSR count). The van der Waals surface area contributed by atoms with Crippen molar-refractivity contribution in [2.24, 2.45) is 0 Å². The molecule has 1 aliphatic carbocycles. The van der Waals surface area contributed by atoms with Crippen LogP contribution in [0, 0.1) is 13.8 Å². The van der Waals surface area contributed by atoms with Gasteiger partial charge in [0.05, 0.1) is 0 Å². The zero-order valence-electron chi connectivity index (χ0n) is 8.88. The Morgan fingerprint density at radius 1 is 1.21 bits per heavy atom. The molecule has 0 saturated heterocycles. The Labute approximate surface area is 86.0 Å². The molecule has 0 N–H and O–H groups in total. The fourth-order valence-electron chi connectivity index (χ4n) is 1.86. The summed E-state index contributed by atoms with van der Waals surface area (Å²) in [6, 6.07) is 6.56. The van der Waals surface area contributed by atoms with E-state index in [1.807, 2.05) is 0 Å². The SMILES string of the molecule is Cc1cccc(CC2=CCC=C2)c1C. The van der Waals surface area contributed by atoms with E-state index in [0.29, 0.717) is 0 Å². The van der Waals surface area contributed by atoms with Gasteiger partial charge in [0, 0.05) is 0 Å². The molecule has 14 heavy (non-hydrogen) atoms. The standard InChI is InChI=1S/C14H16/c1-11-6-5-9-14(12(11)2)10-13-7-3-4-8-13/h3,5-9H,4,10H2,1-2H3. The van der Waals surface area contributed by atoms with Crippen LogP contribution in [0.25, 0.3) is 0 Å². The van der Waals surface area contributed by atoms with Crippen LogP contribution in [0.5, 0.6) is 0 Å². The van der Waals surface area contributed by atoms with Crippen molar-refractivity contribution < 1.29 is 0 Å². The van der Waals surface area contributed by atoms with Crippen LogP contribution in [0.2, 0.25) is 0 Å². The number of allylic oxidation sites excluding steroid dienone is 4. The highest BCUT2D eigenvalue weighted by Gasteiger charge is 2.03. The van der Waals surface area contributed by atoms with E-state index in [2.05, 4.69) is 50.3 Å². The maximum Gasteiger partial charge on any atom is -0.00262 e. The van der Waals surface area contributed by atoms with Crippen molar-refractivity contribution in [3.8, 4) is 0 Å². The minimum Gasteiger partial charge on any atom is -0.0805 e. The predicted octanol–water partition coefficient (Wildman–Crippen LogP) is 3.73. The minimum atomic E-state index is 1.09. The van der Waals surface area contributed by atoms with Gasteiger partial charge in [-0.3, -0.25) is 0 Å². The third kappa shape index (κ3) is 1.79. The molecule has 0 spiro atoms. The smallest absolute Gasteiger partial charge is 0.00262 e. The van der Waals surface area contributed by atoms with E-state index in [0.717, 1.165) is 12.8 Å². The number of benzene rings is 1. The summed E-state index contributed by atoms with van der Waals surface area (Å²) in [4.78, 5) is 0. The Kier molecular flexibility index (Phi) is 2.53. The number of hydrogen-bond acceptors (Lipinski definition) is 0. The Bertz CT molecular complexity index is 394. The Morgan fingerprint density at radius 2 is 2.07 bits per heavy atom. The first kappa shape index (κ1) is 9.26. The van der Waals surface area contributed by atoms with E-state index < -0.39 is 0 Å². The van der Waals surface area contributed by atoms with Crippen LogP contribution in [0.1, 0.15) is 23.1 Å². The molecular formula is C14H16. The van der Waals surface area contributed by atoms with Gasteiger partial charge in [-0.15, -0.1) is 0 Å². The zero-order valence-corrected chi connectivity index (χ0v) is 8.88. The zero-order chi connectivity index (χ0) is 9.97. The lowest BCUT2D eigenvalue weighted by Crippen LogP contribution is -1.93. The number of rotatable bonds is 2. The Balaban J connectivity index is 2.24. The second-order valence-corrected chi connectivity index (χ2v) is 3.95. The molecule has 0 fully saturated rings. The van der Waals surface area contributed by atoms with E-state index in [4.69, 9.17) is 0 Å². The fourth-order valence-corrected chi connectivity index (χ4v) is 1.86. The predicted molar refractivity (Wildman–Crippen MR) is 61.5 cm³/mol. The van der Waals surface area contributed by atoms with Crippen LogP contribution in [-0.2, 0) is 6.42 Å². The number of hydrogen-bond donors (Lipinski definition) is 0. The van der Waals surface area contributed by atoms with Crippen molar-refractivity contribution >= 4 is 0 Å². The molecule has 0 radical (unpaired) electrons. The molecule has 1 aromatic rings. The van der Waals surface area contributed by atoms with Crippen molar-refractivity contribution in [1.82, 2.24) is 0 Å². The molecule has 0 nitrogen and oxygen atoms in total. The van der Waals surface area contributed by atoms with Crippen LogP contribution in [0.3, 0.4) is 0 Å². The third-order valence-electron chi connectivity index (χ3n) is 2.96. The maximum atomic E-state index is 2.31. The maximum absolute atomic E-state index is 2.31. The van der Waals surface area contributed by atoms with Gasteiger partial charge in [-0.2, -0.15) is 0 Å². The molecule has 0 atom stereocenters. The molecule has 0 aliphatic heterocycles. The molecule has 0 bridgehead atoms. The summed E-state index contributed by atoms with van der Waals surface area (Å²) < 4.78 is 0. The topological polar surface area (TPSA) is 0 Å². The summed E-state index contributed by atoms with van der Waals surface area (Å²) >= 11 is 0. The first-order valence-corrected chi connectivity index (χ1v) is 5.18. The Hall–Kier alpha value is -1.30. The van der Waals surface area contributed by atoms with Gasteiger partial charge in [0.25, 0.3) is 0 Å². The van der Waals surface area contributed by atoms with Gasteiger partial charge in [-0.05, 0) is 49.0 Å². The second-order valence-electron chi connectivity index (χ2n) is 3.95. The second kappa shape index (κ2) is 3.83. The molecule has 0 aromatic heterocycles. The molecule has 0 unspecified atom stereocenters. The van der Waals surface area contributed by atoms with Crippen LogP contribution in [0.4, 0.5) is 0 Å². The summed E-state index contributed by atoms with van der Waals surface area (Å²) in [5.74, 6) is 0. The summed E-state index contributed by atoms with van der Waals surface area (Å²) in [5, 5.41) is 0. The van der Waals surface area contributed by atoms with Gasteiger partial charge in [-0.25, -0.2) is 0 Å². The van der Waals surface area contributed by atoms with Crippen LogP contribution < -0.4 is 0 Å². The quantitative estimate of drug-likeness (QED) is 0.657. The van der Waals surface area contributed by atoms with Crippen LogP contribution in [-0.4, -0.2) is 0 Å². The van der Waals surface area contributed by atoms with Crippen molar-refractivity contribution in [2.45, 2.75) is 26.7 Å². The van der Waals surface area contributed by atoms with E-state index >= 15 is 0 Å². The highest BCUT2D eigenvalue weighted by molar-refractivity contribution is 5.39. The van der Waals surface area contributed by atoms with E-state index in [1.54, 1.807) is 0 Å². The molecular weight excluding hydrogens is 168 g/mol. The average Bonchev–Trinajstić information content (AvgIpc) is 2.66. The van der Waals surface area contributed by atoms with Crippen molar-refractivity contribution in [2.75, 3.05) is 0 Å². The molecule has 0 heterocycles. The molecule has 0 amide bonds. The third-order valence-corrected chi connectivity index (χ3v) is 2.96. The van der Waals surface area contributed by atoms with Crippen molar-refractivity contribution in [3.05, 3.63) is 58.7 Å². The molecule has 72 valence electrons. The van der Waals surface area contributed by atoms with Crippen LogP contribution >= 0.6 is 0 Å². The highest BCUT2D eigenvalue weighted by Crippen LogP contribution is 2.19. The van der Waals surface area contributed by atoms with Crippen LogP contribution in [0.15, 0.2) is 42.0 Å². The largest absolute Gasteiger partial charge is 0.0805 e. The van der Waals surface area contributed by atoms with Gasteiger partial charge in [0.15, 0.2) is 0 Å². The van der Waals surface area contributed by atoms with E-state index in [9.17, 15) is 0 Å². The normalized spacial score (nSPS) is 14.6. The molecule has 1 aromatic carbocycles. The van der Waals surface area contributed by atoms with E-state index in [-0.39, 0.29) is 0 Å². The average molecular weight is 184 g/mol. The lowest BCUT2D eigenvalue weighted by molar-refractivity contribution is 1.14. The highest BCUT2D eigenvalue weighted by atomic mass is 14.1. The summed E-state index contributed by atoms with van der Waals surface area (Å²) in [6.45, 7) is 4.39. The van der Waals surface area contributed by atoms with Gasteiger partial charge in [-0.1, -0.05) is 36.4 Å². The summed E-state index contributed by atoms with van der Waals surface area (Å²) in [7, 11) is 0. The van der Waals surface area contributed by atoms with Gasteiger partial charge < -0.3 is 0 Å². The summed E-state index contributed by atoms with van der Waals surface area (Å²) in [6.07, 6.45) is 8.97. The lowest BCUT2D eigenvalue weighted by Gasteiger charge is -2.07. The van der Waals surface area contributed by atoms with Gasteiger partial charge in [0.2, 0.25) is 0 Å².